The molecule has 1 aromatic rings. The summed E-state index contributed by atoms with van der Waals surface area (Å²) in [6.07, 6.45) is 1.10. The molecule has 114 valence electrons. The van der Waals surface area contributed by atoms with Crippen molar-refractivity contribution in [2.75, 3.05) is 27.2 Å². The number of hydrogen-bond donors (Lipinski definition) is 1. The molecule has 0 saturated heterocycles. The molecule has 0 radical (unpaired) electrons. The van der Waals surface area contributed by atoms with Crippen molar-refractivity contribution in [1.29, 1.82) is 0 Å². The van der Waals surface area contributed by atoms with Gasteiger partial charge in [-0.25, -0.2) is 4.98 Å². The number of hydrogen-bond acceptors (Lipinski definition) is 3. The first kappa shape index (κ1) is 15.5. The van der Waals surface area contributed by atoms with Crippen molar-refractivity contribution < 1.29 is 0 Å². The summed E-state index contributed by atoms with van der Waals surface area (Å²) >= 11 is 0. The van der Waals surface area contributed by atoms with Gasteiger partial charge in [-0.2, -0.15) is 0 Å². The lowest BCUT2D eigenvalue weighted by molar-refractivity contribution is 0.258. The standard InChI is InChI=1S/C16H30N4/c1-11(2)15(10-19(5)6)20-14-7-8-17-9-13(14)18-16(20)12(3)4/h11-12,15,17H,7-10H2,1-6H3. The van der Waals surface area contributed by atoms with Crippen LogP contribution in [0.25, 0.3) is 0 Å². The number of imidazole rings is 1. The average molecular weight is 278 g/mol. The van der Waals surface area contributed by atoms with Crippen molar-refractivity contribution in [3.63, 3.8) is 0 Å². The zero-order chi connectivity index (χ0) is 14.9. The Bertz CT molecular complexity index is 446. The fourth-order valence-corrected chi connectivity index (χ4v) is 3.10. The summed E-state index contributed by atoms with van der Waals surface area (Å²) < 4.78 is 2.56. The van der Waals surface area contributed by atoms with Crippen molar-refractivity contribution >= 4 is 0 Å². The number of fused-ring (bicyclic) bond motifs is 1. The minimum Gasteiger partial charge on any atom is -0.327 e. The van der Waals surface area contributed by atoms with E-state index in [0.717, 1.165) is 26.1 Å². The van der Waals surface area contributed by atoms with Gasteiger partial charge in [0.1, 0.15) is 5.82 Å². The van der Waals surface area contributed by atoms with Crippen molar-refractivity contribution in [2.45, 2.75) is 52.6 Å². The third-order valence-electron chi connectivity index (χ3n) is 4.12. The van der Waals surface area contributed by atoms with Gasteiger partial charge in [-0.1, -0.05) is 27.7 Å². The first-order valence-electron chi connectivity index (χ1n) is 7.87. The highest BCUT2D eigenvalue weighted by atomic mass is 15.2. The topological polar surface area (TPSA) is 33.1 Å². The molecule has 1 aromatic heterocycles. The summed E-state index contributed by atoms with van der Waals surface area (Å²) in [5.74, 6) is 2.35. The quantitative estimate of drug-likeness (QED) is 0.898. The molecular weight excluding hydrogens is 248 g/mol. The Balaban J connectivity index is 2.48. The van der Waals surface area contributed by atoms with E-state index in [9.17, 15) is 0 Å². The first-order valence-corrected chi connectivity index (χ1v) is 7.87. The third-order valence-corrected chi connectivity index (χ3v) is 4.12. The maximum atomic E-state index is 4.94. The van der Waals surface area contributed by atoms with Crippen LogP contribution in [-0.2, 0) is 13.0 Å². The highest BCUT2D eigenvalue weighted by molar-refractivity contribution is 5.23. The van der Waals surface area contributed by atoms with Gasteiger partial charge in [0.25, 0.3) is 0 Å². The van der Waals surface area contributed by atoms with Crippen LogP contribution in [0.2, 0.25) is 0 Å². The molecule has 1 aliphatic rings. The first-order chi connectivity index (χ1) is 9.41. The van der Waals surface area contributed by atoms with Gasteiger partial charge in [0, 0.05) is 37.7 Å². The Kier molecular flexibility index (Phi) is 4.86. The molecule has 2 heterocycles. The van der Waals surface area contributed by atoms with E-state index in [2.05, 4.69) is 56.6 Å². The van der Waals surface area contributed by atoms with Gasteiger partial charge in [-0.15, -0.1) is 0 Å². The maximum absolute atomic E-state index is 4.94. The highest BCUT2D eigenvalue weighted by Crippen LogP contribution is 2.29. The monoisotopic (exact) mass is 278 g/mol. The molecule has 20 heavy (non-hydrogen) atoms. The predicted octanol–water partition coefficient (Wildman–Crippen LogP) is 2.41. The lowest BCUT2D eigenvalue weighted by Gasteiger charge is -2.30. The van der Waals surface area contributed by atoms with E-state index in [1.807, 2.05) is 0 Å². The zero-order valence-electron chi connectivity index (χ0n) is 13.9. The minimum atomic E-state index is 0.476. The average Bonchev–Trinajstić information content (AvgIpc) is 2.74. The van der Waals surface area contributed by atoms with Crippen LogP contribution in [0.1, 0.15) is 56.9 Å². The smallest absolute Gasteiger partial charge is 0.112 e. The van der Waals surface area contributed by atoms with Crippen LogP contribution in [0.5, 0.6) is 0 Å². The second kappa shape index (κ2) is 6.27. The van der Waals surface area contributed by atoms with Crippen molar-refractivity contribution in [3.8, 4) is 0 Å². The summed E-state index contributed by atoms with van der Waals surface area (Å²) in [5.41, 5.74) is 2.73. The summed E-state index contributed by atoms with van der Waals surface area (Å²) in [4.78, 5) is 7.24. The largest absolute Gasteiger partial charge is 0.327 e. The molecule has 2 rings (SSSR count). The van der Waals surface area contributed by atoms with Gasteiger partial charge >= 0.3 is 0 Å². The van der Waals surface area contributed by atoms with Gasteiger partial charge in [-0.3, -0.25) is 0 Å². The molecule has 1 unspecified atom stereocenters. The van der Waals surface area contributed by atoms with Crippen LogP contribution in [0.15, 0.2) is 0 Å². The molecule has 1 N–H and O–H groups in total. The van der Waals surface area contributed by atoms with Gasteiger partial charge in [-0.05, 0) is 20.0 Å². The van der Waals surface area contributed by atoms with E-state index in [4.69, 9.17) is 4.98 Å². The molecule has 0 spiro atoms. The Morgan fingerprint density at radius 3 is 2.50 bits per heavy atom. The normalized spacial score (nSPS) is 17.1. The second-order valence-corrected chi connectivity index (χ2v) is 6.89. The molecule has 0 saturated carbocycles. The number of aromatic nitrogens is 2. The molecular formula is C16H30N4. The molecule has 0 aliphatic carbocycles. The van der Waals surface area contributed by atoms with Crippen molar-refractivity contribution in [1.82, 2.24) is 19.8 Å². The van der Waals surface area contributed by atoms with Crippen LogP contribution in [-0.4, -0.2) is 41.6 Å². The molecule has 0 amide bonds. The SMILES string of the molecule is CC(C)c1nc2c(n1C(CN(C)C)C(C)C)CCNC2. The van der Waals surface area contributed by atoms with Gasteiger partial charge in [0.15, 0.2) is 0 Å². The Morgan fingerprint density at radius 2 is 1.95 bits per heavy atom. The lowest BCUT2D eigenvalue weighted by atomic mass is 10.0. The molecule has 1 aliphatic heterocycles. The molecule has 4 nitrogen and oxygen atoms in total. The van der Waals surface area contributed by atoms with E-state index in [1.54, 1.807) is 0 Å². The minimum absolute atomic E-state index is 0.476. The van der Waals surface area contributed by atoms with E-state index < -0.39 is 0 Å². The van der Waals surface area contributed by atoms with Gasteiger partial charge in [0.2, 0.25) is 0 Å². The summed E-state index contributed by atoms with van der Waals surface area (Å²) in [5, 5.41) is 3.44. The number of nitrogens with zero attached hydrogens (tertiary/aromatic N) is 3. The lowest BCUT2D eigenvalue weighted by Crippen LogP contribution is -2.32. The van der Waals surface area contributed by atoms with Crippen LogP contribution in [0.4, 0.5) is 0 Å². The predicted molar refractivity (Wildman–Crippen MR) is 84.2 cm³/mol. The fraction of sp³-hybridized carbons (Fsp3) is 0.812. The van der Waals surface area contributed by atoms with E-state index >= 15 is 0 Å². The molecule has 0 bridgehead atoms. The molecule has 1 atom stereocenters. The van der Waals surface area contributed by atoms with Crippen LogP contribution in [0, 0.1) is 5.92 Å². The van der Waals surface area contributed by atoms with Crippen LogP contribution < -0.4 is 5.32 Å². The molecule has 0 aromatic carbocycles. The Hall–Kier alpha value is -0.870. The Labute approximate surface area is 123 Å². The fourth-order valence-electron chi connectivity index (χ4n) is 3.10. The molecule has 4 heteroatoms. The van der Waals surface area contributed by atoms with Crippen molar-refractivity contribution in [2.24, 2.45) is 5.92 Å². The van der Waals surface area contributed by atoms with E-state index in [0.29, 0.717) is 17.9 Å². The van der Waals surface area contributed by atoms with E-state index in [1.165, 1.54) is 17.2 Å². The van der Waals surface area contributed by atoms with Gasteiger partial charge in [0.05, 0.1) is 11.7 Å². The number of nitrogens with one attached hydrogen (secondary N) is 1. The summed E-state index contributed by atoms with van der Waals surface area (Å²) in [6, 6.07) is 0.511. The molecule has 0 fully saturated rings. The zero-order valence-corrected chi connectivity index (χ0v) is 13.9. The van der Waals surface area contributed by atoms with Crippen LogP contribution in [0.3, 0.4) is 0 Å². The second-order valence-electron chi connectivity index (χ2n) is 6.89. The maximum Gasteiger partial charge on any atom is 0.112 e. The Morgan fingerprint density at radius 1 is 1.25 bits per heavy atom. The summed E-state index contributed by atoms with van der Waals surface area (Å²) in [7, 11) is 4.32. The number of rotatable bonds is 5. The highest BCUT2D eigenvalue weighted by Gasteiger charge is 2.27. The van der Waals surface area contributed by atoms with Crippen LogP contribution >= 0.6 is 0 Å². The van der Waals surface area contributed by atoms with Gasteiger partial charge < -0.3 is 14.8 Å². The van der Waals surface area contributed by atoms with Crippen molar-refractivity contribution in [3.05, 3.63) is 17.2 Å². The third kappa shape index (κ3) is 3.07. The number of likely N-dealkylation sites (N-methyl/N-ethyl adjacent to an activating group) is 1. The van der Waals surface area contributed by atoms with E-state index in [-0.39, 0.29) is 0 Å². The summed E-state index contributed by atoms with van der Waals surface area (Å²) in [6.45, 7) is 12.2.